The van der Waals surface area contributed by atoms with Crippen LogP contribution in [0.3, 0.4) is 0 Å². The third-order valence-corrected chi connectivity index (χ3v) is 13.5. The number of benzene rings is 2. The highest BCUT2D eigenvalue weighted by molar-refractivity contribution is 6.03. The second-order valence-corrected chi connectivity index (χ2v) is 19.8. The molecule has 77 heavy (non-hydrogen) atoms. The number of anilines is 1. The Morgan fingerprint density at radius 2 is 1.05 bits per heavy atom. The van der Waals surface area contributed by atoms with Gasteiger partial charge in [-0.1, -0.05) is 70.2 Å². The number of nitrogens with one attached hydrogen (secondary N) is 4. The highest BCUT2D eigenvalue weighted by Gasteiger charge is 2.42. The third-order valence-electron chi connectivity index (χ3n) is 13.5. The number of hydrogen-bond donors (Lipinski definition) is 5. The van der Waals surface area contributed by atoms with E-state index in [2.05, 4.69) is 36.2 Å². The Bertz CT molecular complexity index is 2990. The van der Waals surface area contributed by atoms with Crippen molar-refractivity contribution in [2.45, 2.75) is 103 Å². The molecule has 4 aromatic rings. The lowest BCUT2D eigenvalue weighted by Gasteiger charge is -2.37. The summed E-state index contributed by atoms with van der Waals surface area (Å²) in [5.74, 6) is -10.2. The molecule has 0 aliphatic carbocycles. The number of likely N-dealkylation sites (N-methyl/N-ethyl adjacent to an activating group) is 4. The van der Waals surface area contributed by atoms with Crippen molar-refractivity contribution in [2.24, 2.45) is 11.8 Å². The number of para-hydroxylation sites is 3. The van der Waals surface area contributed by atoms with Gasteiger partial charge in [-0.3, -0.25) is 43.3 Å². The molecular formula is C53H66N12O12. The fourth-order valence-electron chi connectivity index (χ4n) is 9.18. The number of pyridine rings is 1. The van der Waals surface area contributed by atoms with Crippen LogP contribution in [0.2, 0.25) is 0 Å². The van der Waals surface area contributed by atoms with Crippen LogP contribution in [0.15, 0.2) is 72.9 Å². The van der Waals surface area contributed by atoms with E-state index >= 15 is 0 Å². The lowest BCUT2D eigenvalue weighted by molar-refractivity contribution is -0.160. The van der Waals surface area contributed by atoms with Gasteiger partial charge in [0, 0.05) is 33.6 Å². The Hall–Kier alpha value is -8.57. The van der Waals surface area contributed by atoms with Gasteiger partial charge in [0.1, 0.15) is 67.2 Å². The molecule has 0 spiro atoms. The number of fused-ring (bicyclic) bond motifs is 6. The van der Waals surface area contributed by atoms with Crippen molar-refractivity contribution in [3.63, 3.8) is 0 Å². The van der Waals surface area contributed by atoms with Gasteiger partial charge in [-0.15, -0.1) is 0 Å². The first-order valence-electron chi connectivity index (χ1n) is 25.1. The summed E-state index contributed by atoms with van der Waals surface area (Å²) in [4.78, 5) is 160. The minimum absolute atomic E-state index is 0.0279. The van der Waals surface area contributed by atoms with Crippen molar-refractivity contribution in [3.05, 3.63) is 84.3 Å². The maximum absolute atomic E-state index is 14.8. The number of carbonyl (C=O) groups is 10. The molecule has 0 saturated heterocycles. The second-order valence-electron chi connectivity index (χ2n) is 19.8. The zero-order valence-electron chi connectivity index (χ0n) is 44.6. The van der Waals surface area contributed by atoms with E-state index in [1.54, 1.807) is 76.2 Å². The van der Waals surface area contributed by atoms with Crippen LogP contribution in [0.4, 0.5) is 5.69 Å². The number of carbonyl (C=O) groups excluding carboxylic acids is 10. The number of cyclic esters (lactones) is 2. The van der Waals surface area contributed by atoms with Crippen LogP contribution in [0, 0.1) is 11.8 Å². The molecule has 2 aliphatic rings. The number of amides is 8. The van der Waals surface area contributed by atoms with E-state index in [9.17, 15) is 47.9 Å². The van der Waals surface area contributed by atoms with E-state index in [1.807, 2.05) is 0 Å². The van der Waals surface area contributed by atoms with Crippen molar-refractivity contribution in [1.29, 1.82) is 0 Å². The van der Waals surface area contributed by atoms with Gasteiger partial charge >= 0.3 is 11.9 Å². The number of hydrogen-bond acceptors (Lipinski definition) is 16. The maximum Gasteiger partial charge on any atom is 0.329 e. The van der Waals surface area contributed by atoms with Gasteiger partial charge < -0.3 is 56.1 Å². The number of rotatable bonds is 6. The first kappa shape index (κ1) is 57.7. The van der Waals surface area contributed by atoms with Crippen molar-refractivity contribution in [1.82, 2.24) is 55.8 Å². The van der Waals surface area contributed by atoms with Crippen LogP contribution >= 0.6 is 0 Å². The fourth-order valence-corrected chi connectivity index (χ4v) is 9.18. The molecule has 6 rings (SSSR count). The Labute approximate surface area is 444 Å². The number of ether oxygens (including phenoxy) is 2. The Balaban J connectivity index is 1.41. The van der Waals surface area contributed by atoms with Gasteiger partial charge in [0.15, 0.2) is 5.69 Å². The van der Waals surface area contributed by atoms with E-state index in [0.29, 0.717) is 21.9 Å². The van der Waals surface area contributed by atoms with Gasteiger partial charge in [-0.05, 0) is 62.8 Å². The van der Waals surface area contributed by atoms with Gasteiger partial charge in [-0.25, -0.2) is 19.6 Å². The van der Waals surface area contributed by atoms with Gasteiger partial charge in [0.2, 0.25) is 35.4 Å². The molecule has 6 N–H and O–H groups in total. The van der Waals surface area contributed by atoms with Crippen LogP contribution < -0.4 is 27.0 Å². The molecule has 0 saturated carbocycles. The molecule has 24 heteroatoms. The summed E-state index contributed by atoms with van der Waals surface area (Å²) >= 11 is 0. The van der Waals surface area contributed by atoms with E-state index < -0.39 is 133 Å². The minimum Gasteiger partial charge on any atom is -0.461 e. The highest BCUT2D eigenvalue weighted by Crippen LogP contribution is 2.22. The van der Waals surface area contributed by atoms with Crippen molar-refractivity contribution in [3.8, 4) is 0 Å². The molecule has 2 bridgehead atoms. The predicted molar refractivity (Wildman–Crippen MR) is 280 cm³/mol. The SMILES string of the molecule is CC(C)[C@H]1C(=O)OC[C@@H](NC(=O)c2nc3ccccc3cc2N)C(=O)N[C@@H](C)C(=O)N(C)[C@H]2C/C=C\C[C@@H](C(=O)N1C)N(C)C(=O)[C@H](C)NC(=O)[C@H](NC(=O)c1cnc3ccccc3n1)COC(=O)[C@H](C(C)C)N(C)C2=O. The number of esters is 2. The normalized spacial score (nSPS) is 24.8. The zero-order valence-corrected chi connectivity index (χ0v) is 44.6. The average molecular weight is 1060 g/mol. The monoisotopic (exact) mass is 1060 g/mol. The molecule has 2 aromatic carbocycles. The first-order valence-corrected chi connectivity index (χ1v) is 25.1. The number of nitrogens with zero attached hydrogens (tertiary/aromatic N) is 7. The fraction of sp³-hybridized carbons (Fsp3) is 0.453. The average Bonchev–Trinajstić information content (AvgIpc) is 3.40. The molecule has 8 atom stereocenters. The van der Waals surface area contributed by atoms with Crippen LogP contribution in [-0.4, -0.2) is 183 Å². The summed E-state index contributed by atoms with van der Waals surface area (Å²) in [6, 6.07) is 3.53. The summed E-state index contributed by atoms with van der Waals surface area (Å²) in [5, 5.41) is 10.8. The molecule has 4 heterocycles. The molecule has 24 nitrogen and oxygen atoms in total. The largest absolute Gasteiger partial charge is 0.461 e. The van der Waals surface area contributed by atoms with Gasteiger partial charge in [0.25, 0.3) is 11.8 Å². The zero-order chi connectivity index (χ0) is 56.6. The summed E-state index contributed by atoms with van der Waals surface area (Å²) < 4.78 is 11.4. The molecule has 0 radical (unpaired) electrons. The molecule has 410 valence electrons. The summed E-state index contributed by atoms with van der Waals surface area (Å²) in [5.41, 5.74) is 7.08. The van der Waals surface area contributed by atoms with Crippen molar-refractivity contribution in [2.75, 3.05) is 47.1 Å². The summed E-state index contributed by atoms with van der Waals surface area (Å²) in [7, 11) is 5.29. The third kappa shape index (κ3) is 13.3. The van der Waals surface area contributed by atoms with E-state index in [1.165, 1.54) is 66.5 Å². The lowest BCUT2D eigenvalue weighted by atomic mass is 9.99. The summed E-state index contributed by atoms with van der Waals surface area (Å²) in [6.07, 6.45) is 3.78. The van der Waals surface area contributed by atoms with Crippen LogP contribution in [0.1, 0.15) is 75.4 Å². The molecule has 0 fully saturated rings. The van der Waals surface area contributed by atoms with Gasteiger partial charge in [0.05, 0.1) is 28.4 Å². The number of aromatic nitrogens is 3. The number of nitrogen functional groups attached to an aromatic ring is 1. The second kappa shape index (κ2) is 24.8. The molecule has 8 amide bonds. The van der Waals surface area contributed by atoms with Crippen LogP contribution in [0.25, 0.3) is 21.9 Å². The Kier molecular flexibility index (Phi) is 18.6. The molecular weight excluding hydrogens is 997 g/mol. The topological polar surface area (TPSA) is 315 Å². The standard InChI is InChI=1S/C53H66N12O12/c1-27(2)42-52(74)76-25-37(60-44(66)36-24-55-34-19-13-14-20-35(34)58-36)45(67)56-29(5)48(70)62(7)39-21-15-16-22-40(50(72)64(42)9)63(8)49(71)30(6)57-46(68)38(26-77-53(75)43(28(3)4)65(10)51(39)73)61-47(69)41-32(54)23-31-17-11-12-18-33(31)59-41/h11-20,23-24,27-30,37-40,42-43H,21-22,25-26,54H2,1-10H3,(H,56,67)(H,57,68)(H,60,66)(H,61,69)/b16-15-/t29-,30-,37+,38+,39-,40-,42-,43-/m0/s1. The molecule has 0 unspecified atom stereocenters. The smallest absolute Gasteiger partial charge is 0.329 e. The Morgan fingerprint density at radius 1 is 0.610 bits per heavy atom. The van der Waals surface area contributed by atoms with Crippen LogP contribution in [-0.2, 0) is 47.8 Å². The van der Waals surface area contributed by atoms with Crippen LogP contribution in [0.5, 0.6) is 0 Å². The lowest BCUT2D eigenvalue weighted by Crippen LogP contribution is -2.60. The van der Waals surface area contributed by atoms with Crippen molar-refractivity contribution >= 4 is 86.8 Å². The van der Waals surface area contributed by atoms with E-state index in [4.69, 9.17) is 15.2 Å². The van der Waals surface area contributed by atoms with E-state index in [0.717, 1.165) is 19.6 Å². The maximum atomic E-state index is 14.8. The highest BCUT2D eigenvalue weighted by atomic mass is 16.5. The predicted octanol–water partition coefficient (Wildman–Crippen LogP) is 0.737. The van der Waals surface area contributed by atoms with E-state index in [-0.39, 0.29) is 29.9 Å². The first-order chi connectivity index (χ1) is 36.4. The quantitative estimate of drug-likeness (QED) is 0.131. The Morgan fingerprint density at radius 3 is 1.53 bits per heavy atom. The summed E-state index contributed by atoms with van der Waals surface area (Å²) in [6.45, 7) is 7.63. The molecule has 2 aliphatic heterocycles. The molecule has 2 aromatic heterocycles. The van der Waals surface area contributed by atoms with Gasteiger partial charge in [-0.2, -0.15) is 0 Å². The van der Waals surface area contributed by atoms with Crippen molar-refractivity contribution < 1.29 is 57.4 Å². The minimum atomic E-state index is -1.69. The number of nitrogens with two attached hydrogens (primary N) is 1.